The summed E-state index contributed by atoms with van der Waals surface area (Å²) in [6.45, 7) is 3.04. The standard InChI is InChI=1S/C15H26N2O/c1-2-17(15(18)8-11-4-3-5-11)14-9-12-6-7-13(10-14)16-12/h11-14,16H,2-10H2,1H3. The van der Waals surface area contributed by atoms with Crippen molar-refractivity contribution in [1.82, 2.24) is 10.2 Å². The first kappa shape index (κ1) is 12.5. The summed E-state index contributed by atoms with van der Waals surface area (Å²) >= 11 is 0. The molecule has 2 atom stereocenters. The van der Waals surface area contributed by atoms with E-state index in [1.807, 2.05) is 0 Å². The maximum atomic E-state index is 12.4. The second-order valence-electron chi connectivity index (χ2n) is 6.44. The maximum Gasteiger partial charge on any atom is 0.223 e. The van der Waals surface area contributed by atoms with Crippen molar-refractivity contribution in [1.29, 1.82) is 0 Å². The van der Waals surface area contributed by atoms with E-state index in [9.17, 15) is 4.79 Å². The van der Waals surface area contributed by atoms with Crippen LogP contribution in [0, 0.1) is 5.92 Å². The molecular formula is C15H26N2O. The Labute approximate surface area is 110 Å². The smallest absolute Gasteiger partial charge is 0.223 e. The van der Waals surface area contributed by atoms with E-state index >= 15 is 0 Å². The number of hydrogen-bond acceptors (Lipinski definition) is 2. The number of carbonyl (C=O) groups excluding carboxylic acids is 1. The second-order valence-corrected chi connectivity index (χ2v) is 6.44. The lowest BCUT2D eigenvalue weighted by atomic mass is 9.82. The first-order valence-electron chi connectivity index (χ1n) is 7.81. The van der Waals surface area contributed by atoms with Gasteiger partial charge in [-0.3, -0.25) is 4.79 Å². The van der Waals surface area contributed by atoms with Crippen molar-refractivity contribution >= 4 is 5.91 Å². The van der Waals surface area contributed by atoms with Gasteiger partial charge < -0.3 is 10.2 Å². The second kappa shape index (κ2) is 5.20. The zero-order valence-electron chi connectivity index (χ0n) is 11.5. The minimum absolute atomic E-state index is 0.425. The average Bonchev–Trinajstić information content (AvgIpc) is 2.64. The van der Waals surface area contributed by atoms with Gasteiger partial charge in [0, 0.05) is 31.1 Å². The molecule has 3 heteroatoms. The fourth-order valence-electron chi connectivity index (χ4n) is 3.98. The fraction of sp³-hybridized carbons (Fsp3) is 0.933. The van der Waals surface area contributed by atoms with E-state index in [-0.39, 0.29) is 0 Å². The number of rotatable bonds is 4. The number of carbonyl (C=O) groups is 1. The molecule has 1 aliphatic carbocycles. The molecule has 3 fully saturated rings. The van der Waals surface area contributed by atoms with Gasteiger partial charge in [-0.2, -0.15) is 0 Å². The van der Waals surface area contributed by atoms with Gasteiger partial charge in [-0.15, -0.1) is 0 Å². The maximum absolute atomic E-state index is 12.4. The predicted octanol–water partition coefficient (Wildman–Crippen LogP) is 2.31. The van der Waals surface area contributed by atoms with Crippen molar-refractivity contribution < 1.29 is 4.79 Å². The summed E-state index contributed by atoms with van der Waals surface area (Å²) in [5.74, 6) is 1.12. The molecule has 2 unspecified atom stereocenters. The minimum atomic E-state index is 0.425. The van der Waals surface area contributed by atoms with Crippen molar-refractivity contribution in [3.8, 4) is 0 Å². The van der Waals surface area contributed by atoms with Gasteiger partial charge in [0.25, 0.3) is 0 Å². The van der Waals surface area contributed by atoms with E-state index in [2.05, 4.69) is 17.1 Å². The highest BCUT2D eigenvalue weighted by molar-refractivity contribution is 5.77. The number of nitrogens with zero attached hydrogens (tertiary/aromatic N) is 1. The van der Waals surface area contributed by atoms with Crippen LogP contribution < -0.4 is 5.32 Å². The van der Waals surface area contributed by atoms with Gasteiger partial charge in [-0.25, -0.2) is 0 Å². The Morgan fingerprint density at radius 1 is 1.17 bits per heavy atom. The molecule has 1 N–H and O–H groups in total. The van der Waals surface area contributed by atoms with Crippen LogP contribution in [0.5, 0.6) is 0 Å². The molecular weight excluding hydrogens is 224 g/mol. The largest absolute Gasteiger partial charge is 0.340 e. The summed E-state index contributed by atoms with van der Waals surface area (Å²) in [7, 11) is 0. The third-order valence-corrected chi connectivity index (χ3v) is 5.24. The molecule has 0 aromatic rings. The molecule has 2 saturated heterocycles. The van der Waals surface area contributed by atoms with Crippen molar-refractivity contribution in [2.24, 2.45) is 5.92 Å². The van der Waals surface area contributed by atoms with Crippen molar-refractivity contribution in [2.75, 3.05) is 6.54 Å². The van der Waals surface area contributed by atoms with Crippen LogP contribution >= 0.6 is 0 Å². The quantitative estimate of drug-likeness (QED) is 0.830. The Morgan fingerprint density at radius 2 is 1.83 bits per heavy atom. The van der Waals surface area contributed by atoms with Gasteiger partial charge >= 0.3 is 0 Å². The van der Waals surface area contributed by atoms with Gasteiger partial charge in [-0.05, 0) is 51.4 Å². The van der Waals surface area contributed by atoms with Gasteiger partial charge in [0.15, 0.2) is 0 Å². The molecule has 1 saturated carbocycles. The van der Waals surface area contributed by atoms with Crippen LogP contribution in [0.4, 0.5) is 0 Å². The van der Waals surface area contributed by atoms with E-state index in [1.165, 1.54) is 44.9 Å². The zero-order chi connectivity index (χ0) is 12.5. The predicted molar refractivity (Wildman–Crippen MR) is 72.3 cm³/mol. The highest BCUT2D eigenvalue weighted by Crippen LogP contribution is 2.33. The van der Waals surface area contributed by atoms with Crippen LogP contribution in [-0.2, 0) is 4.79 Å². The van der Waals surface area contributed by atoms with Crippen LogP contribution in [0.15, 0.2) is 0 Å². The molecule has 2 aliphatic heterocycles. The van der Waals surface area contributed by atoms with E-state index < -0.39 is 0 Å². The van der Waals surface area contributed by atoms with E-state index in [4.69, 9.17) is 0 Å². The Morgan fingerprint density at radius 3 is 2.33 bits per heavy atom. The van der Waals surface area contributed by atoms with E-state index in [1.54, 1.807) is 0 Å². The third kappa shape index (κ3) is 2.42. The molecule has 102 valence electrons. The summed E-state index contributed by atoms with van der Waals surface area (Å²) in [6, 6.07) is 1.87. The van der Waals surface area contributed by atoms with Crippen LogP contribution in [-0.4, -0.2) is 35.5 Å². The van der Waals surface area contributed by atoms with Crippen molar-refractivity contribution in [2.45, 2.75) is 76.4 Å². The highest BCUT2D eigenvalue weighted by atomic mass is 16.2. The van der Waals surface area contributed by atoms with Gasteiger partial charge in [0.1, 0.15) is 0 Å². The van der Waals surface area contributed by atoms with Crippen molar-refractivity contribution in [3.05, 3.63) is 0 Å². The van der Waals surface area contributed by atoms with E-state index in [0.29, 0.717) is 30.0 Å². The lowest BCUT2D eigenvalue weighted by molar-refractivity contribution is -0.135. The number of fused-ring (bicyclic) bond motifs is 2. The zero-order valence-corrected chi connectivity index (χ0v) is 11.5. The van der Waals surface area contributed by atoms with Gasteiger partial charge in [-0.1, -0.05) is 6.42 Å². The molecule has 3 aliphatic rings. The summed E-state index contributed by atoms with van der Waals surface area (Å²) in [5, 5.41) is 3.66. The van der Waals surface area contributed by atoms with Crippen molar-refractivity contribution in [3.63, 3.8) is 0 Å². The van der Waals surface area contributed by atoms with E-state index in [0.717, 1.165) is 13.0 Å². The molecule has 3 nitrogen and oxygen atoms in total. The summed E-state index contributed by atoms with van der Waals surface area (Å²) in [4.78, 5) is 14.6. The SMILES string of the molecule is CCN(C(=O)CC1CCC1)C1CC2CCC(C1)N2. The molecule has 0 aromatic carbocycles. The third-order valence-electron chi connectivity index (χ3n) is 5.24. The first-order valence-corrected chi connectivity index (χ1v) is 7.81. The Balaban J connectivity index is 1.58. The topological polar surface area (TPSA) is 32.3 Å². The number of amides is 1. The number of piperidine rings is 1. The lowest BCUT2D eigenvalue weighted by Gasteiger charge is -2.38. The Hall–Kier alpha value is -0.570. The molecule has 2 bridgehead atoms. The Kier molecular flexibility index (Phi) is 3.60. The van der Waals surface area contributed by atoms with Gasteiger partial charge in [0.05, 0.1) is 0 Å². The molecule has 1 amide bonds. The van der Waals surface area contributed by atoms with Crippen LogP contribution in [0.3, 0.4) is 0 Å². The minimum Gasteiger partial charge on any atom is -0.340 e. The van der Waals surface area contributed by atoms with Crippen LogP contribution in [0.1, 0.15) is 58.3 Å². The monoisotopic (exact) mass is 250 g/mol. The molecule has 0 aromatic heterocycles. The average molecular weight is 250 g/mol. The molecule has 3 rings (SSSR count). The number of hydrogen-bond donors (Lipinski definition) is 1. The summed E-state index contributed by atoms with van der Waals surface area (Å²) in [6.07, 6.45) is 9.70. The summed E-state index contributed by atoms with van der Waals surface area (Å²) in [5.41, 5.74) is 0. The molecule has 18 heavy (non-hydrogen) atoms. The normalized spacial score (nSPS) is 35.3. The molecule has 0 spiro atoms. The lowest BCUT2D eigenvalue weighted by Crippen LogP contribution is -2.50. The summed E-state index contributed by atoms with van der Waals surface area (Å²) < 4.78 is 0. The Bertz CT molecular complexity index is 302. The highest BCUT2D eigenvalue weighted by Gasteiger charge is 2.37. The van der Waals surface area contributed by atoms with Crippen LogP contribution in [0.2, 0.25) is 0 Å². The first-order chi connectivity index (χ1) is 8.76. The molecule has 0 radical (unpaired) electrons. The van der Waals surface area contributed by atoms with Crippen LogP contribution in [0.25, 0.3) is 0 Å². The number of nitrogens with one attached hydrogen (secondary N) is 1. The van der Waals surface area contributed by atoms with Gasteiger partial charge in [0.2, 0.25) is 5.91 Å². The molecule has 2 heterocycles. The fourth-order valence-corrected chi connectivity index (χ4v) is 3.98.